The third-order valence-corrected chi connectivity index (χ3v) is 7.51. The number of fused-ring (bicyclic) bond motifs is 1. The molecular formula is C28H37N9O3. The monoisotopic (exact) mass is 547 g/mol. The molecule has 0 spiro atoms. The van der Waals surface area contributed by atoms with Crippen LogP contribution in [0.1, 0.15) is 35.7 Å². The number of β-amino-alcohol motifs (C(OH)–C–C–N with tert-alkyl or cyclic N) is 1. The lowest BCUT2D eigenvalue weighted by atomic mass is 10.0. The van der Waals surface area contributed by atoms with Gasteiger partial charge in [-0.2, -0.15) is 0 Å². The van der Waals surface area contributed by atoms with Gasteiger partial charge in [-0.05, 0) is 37.0 Å². The molecule has 1 aliphatic carbocycles. The number of ether oxygens (including phenoxy) is 1. The molecule has 3 aromatic heterocycles. The molecule has 0 radical (unpaired) electrons. The van der Waals surface area contributed by atoms with Crippen LogP contribution in [0.2, 0.25) is 0 Å². The smallest absolute Gasteiger partial charge is 0.256 e. The molecule has 1 saturated heterocycles. The minimum atomic E-state index is -0.232. The van der Waals surface area contributed by atoms with E-state index in [0.717, 1.165) is 54.1 Å². The lowest BCUT2D eigenvalue weighted by molar-refractivity contribution is -0.122. The number of nitrogens with zero attached hydrogens (tertiary/aromatic N) is 7. The maximum atomic E-state index is 13.4. The molecule has 2 aliphatic rings. The standard InChI is InChI=1S/C28H37N9O3/c1-5-23(37-12-10-36(11-13-37)14-15-38)26(39)33-25-21-7-6-20(19(21)8-9-29-25)24-18(2)16-30-28(32-24)31-22-17-35(3)34-27(22)40-4/h6,8-9,16-17,23,38H,5,7,10-15H2,1-4H3,(H,29,33,39)(H,30,31,32). The van der Waals surface area contributed by atoms with Crippen LogP contribution < -0.4 is 15.4 Å². The first-order valence-corrected chi connectivity index (χ1v) is 13.7. The zero-order valence-corrected chi connectivity index (χ0v) is 23.5. The maximum absolute atomic E-state index is 13.4. The number of hydrogen-bond donors (Lipinski definition) is 3. The Labute approximate surface area is 234 Å². The van der Waals surface area contributed by atoms with E-state index in [1.165, 1.54) is 0 Å². The summed E-state index contributed by atoms with van der Waals surface area (Å²) in [5, 5.41) is 19.8. The molecule has 1 aliphatic heterocycles. The molecule has 3 aromatic rings. The lowest BCUT2D eigenvalue weighted by Crippen LogP contribution is -2.54. The maximum Gasteiger partial charge on any atom is 0.256 e. The second-order valence-corrected chi connectivity index (χ2v) is 10.1. The average Bonchev–Trinajstić information content (AvgIpc) is 3.54. The van der Waals surface area contributed by atoms with Gasteiger partial charge in [-0.3, -0.25) is 19.3 Å². The number of allylic oxidation sites excluding steroid dienone is 1. The van der Waals surface area contributed by atoms with Gasteiger partial charge in [0.15, 0.2) is 0 Å². The quantitative estimate of drug-likeness (QED) is 0.346. The fourth-order valence-corrected chi connectivity index (χ4v) is 5.45. The summed E-state index contributed by atoms with van der Waals surface area (Å²) in [6.45, 7) is 8.14. The number of amides is 1. The van der Waals surface area contributed by atoms with Gasteiger partial charge in [-0.15, -0.1) is 5.10 Å². The van der Waals surface area contributed by atoms with Crippen LogP contribution in [0.15, 0.2) is 30.7 Å². The van der Waals surface area contributed by atoms with Crippen LogP contribution in [-0.2, 0) is 18.3 Å². The molecule has 1 unspecified atom stereocenters. The van der Waals surface area contributed by atoms with Crippen LogP contribution in [0.5, 0.6) is 5.88 Å². The molecule has 0 aromatic carbocycles. The van der Waals surface area contributed by atoms with Crippen molar-refractivity contribution in [2.45, 2.75) is 32.7 Å². The summed E-state index contributed by atoms with van der Waals surface area (Å²) in [6.07, 6.45) is 8.82. The molecule has 4 heterocycles. The first kappa shape index (κ1) is 27.7. The number of nitrogens with one attached hydrogen (secondary N) is 2. The van der Waals surface area contributed by atoms with Crippen LogP contribution >= 0.6 is 0 Å². The second kappa shape index (κ2) is 12.1. The van der Waals surface area contributed by atoms with Crippen molar-refractivity contribution in [2.24, 2.45) is 7.05 Å². The number of carbonyl (C=O) groups is 1. The Morgan fingerprint density at radius 3 is 2.75 bits per heavy atom. The van der Waals surface area contributed by atoms with Gasteiger partial charge in [0.25, 0.3) is 5.88 Å². The summed E-state index contributed by atoms with van der Waals surface area (Å²) < 4.78 is 7.01. The van der Waals surface area contributed by atoms with E-state index in [9.17, 15) is 9.90 Å². The Bertz CT molecular complexity index is 1400. The summed E-state index contributed by atoms with van der Waals surface area (Å²) in [6, 6.07) is 1.74. The van der Waals surface area contributed by atoms with Gasteiger partial charge in [0.05, 0.1) is 31.6 Å². The highest BCUT2D eigenvalue weighted by molar-refractivity contribution is 5.96. The Balaban J connectivity index is 1.33. The van der Waals surface area contributed by atoms with Crippen molar-refractivity contribution in [2.75, 3.05) is 57.1 Å². The van der Waals surface area contributed by atoms with E-state index in [1.54, 1.807) is 24.2 Å². The highest BCUT2D eigenvalue weighted by atomic mass is 16.5. The van der Waals surface area contributed by atoms with Gasteiger partial charge in [0.2, 0.25) is 11.9 Å². The Hall–Kier alpha value is -3.87. The van der Waals surface area contributed by atoms with Crippen molar-refractivity contribution in [1.29, 1.82) is 0 Å². The summed E-state index contributed by atoms with van der Waals surface area (Å²) in [4.78, 5) is 31.7. The van der Waals surface area contributed by atoms with Crippen LogP contribution in [-0.4, -0.2) is 98.0 Å². The highest BCUT2D eigenvalue weighted by Gasteiger charge is 2.29. The summed E-state index contributed by atoms with van der Waals surface area (Å²) >= 11 is 0. The summed E-state index contributed by atoms with van der Waals surface area (Å²) in [5.74, 6) is 1.45. The molecule has 40 heavy (non-hydrogen) atoms. The number of aliphatic hydroxyl groups is 1. The van der Waals surface area contributed by atoms with E-state index in [4.69, 9.17) is 9.72 Å². The molecule has 1 amide bonds. The Morgan fingerprint density at radius 2 is 2.02 bits per heavy atom. The molecule has 0 bridgehead atoms. The Kier molecular flexibility index (Phi) is 8.38. The number of aliphatic hydroxyl groups excluding tert-OH is 1. The third-order valence-electron chi connectivity index (χ3n) is 7.51. The number of piperazine rings is 1. The Morgan fingerprint density at radius 1 is 1.23 bits per heavy atom. The molecule has 12 heteroatoms. The SMILES string of the molecule is CCC(C(=O)Nc1nccc2c1CC=C2c1nc(Nc2cn(C)nc2OC)ncc1C)N1CCN(CCO)CC1. The molecule has 1 fully saturated rings. The van der Waals surface area contributed by atoms with E-state index < -0.39 is 0 Å². The molecule has 3 N–H and O–H groups in total. The van der Waals surface area contributed by atoms with E-state index in [1.807, 2.05) is 33.2 Å². The van der Waals surface area contributed by atoms with E-state index in [0.29, 0.717) is 42.7 Å². The zero-order chi connectivity index (χ0) is 28.2. The molecule has 212 valence electrons. The van der Waals surface area contributed by atoms with Crippen molar-refractivity contribution in [1.82, 2.24) is 34.5 Å². The minimum absolute atomic E-state index is 0.0393. The first-order valence-electron chi connectivity index (χ1n) is 13.7. The van der Waals surface area contributed by atoms with E-state index in [2.05, 4.69) is 41.6 Å². The van der Waals surface area contributed by atoms with Crippen molar-refractivity contribution in [3.63, 3.8) is 0 Å². The van der Waals surface area contributed by atoms with Crippen LogP contribution in [0.25, 0.3) is 5.57 Å². The molecule has 12 nitrogen and oxygen atoms in total. The number of hydrogen-bond acceptors (Lipinski definition) is 10. The summed E-state index contributed by atoms with van der Waals surface area (Å²) in [7, 11) is 3.39. The van der Waals surface area contributed by atoms with E-state index >= 15 is 0 Å². The zero-order valence-electron chi connectivity index (χ0n) is 23.5. The van der Waals surface area contributed by atoms with Crippen molar-refractivity contribution < 1.29 is 14.6 Å². The van der Waals surface area contributed by atoms with Gasteiger partial charge in [-0.1, -0.05) is 13.0 Å². The van der Waals surface area contributed by atoms with Gasteiger partial charge < -0.3 is 20.5 Å². The van der Waals surface area contributed by atoms with Crippen molar-refractivity contribution in [3.8, 4) is 5.88 Å². The van der Waals surface area contributed by atoms with Gasteiger partial charge in [-0.25, -0.2) is 15.0 Å². The molecule has 1 atom stereocenters. The molecule has 5 rings (SSSR count). The fraction of sp³-hybridized carbons (Fsp3) is 0.464. The largest absolute Gasteiger partial charge is 0.478 e. The van der Waals surface area contributed by atoms with Gasteiger partial charge in [0.1, 0.15) is 11.5 Å². The van der Waals surface area contributed by atoms with Crippen LogP contribution in [0.3, 0.4) is 0 Å². The number of carbonyl (C=O) groups excluding carboxylic acids is 1. The van der Waals surface area contributed by atoms with Crippen molar-refractivity contribution in [3.05, 3.63) is 53.1 Å². The number of methoxy groups -OCH3 is 1. The van der Waals surface area contributed by atoms with Gasteiger partial charge >= 0.3 is 0 Å². The molecule has 0 saturated carbocycles. The number of aromatic nitrogens is 5. The average molecular weight is 548 g/mol. The number of rotatable bonds is 10. The van der Waals surface area contributed by atoms with E-state index in [-0.39, 0.29) is 18.6 Å². The fourth-order valence-electron chi connectivity index (χ4n) is 5.45. The second-order valence-electron chi connectivity index (χ2n) is 10.1. The topological polar surface area (TPSA) is 134 Å². The third kappa shape index (κ3) is 5.69. The minimum Gasteiger partial charge on any atom is -0.478 e. The number of aryl methyl sites for hydroxylation is 2. The number of anilines is 3. The predicted molar refractivity (Wildman–Crippen MR) is 153 cm³/mol. The van der Waals surface area contributed by atoms with Crippen molar-refractivity contribution >= 4 is 28.9 Å². The molecular weight excluding hydrogens is 510 g/mol. The van der Waals surface area contributed by atoms with Crippen LogP contribution in [0.4, 0.5) is 17.5 Å². The number of pyridine rings is 1. The lowest BCUT2D eigenvalue weighted by Gasteiger charge is -2.38. The normalized spacial score (nSPS) is 16.4. The van der Waals surface area contributed by atoms with Crippen LogP contribution in [0, 0.1) is 6.92 Å². The van der Waals surface area contributed by atoms with Gasteiger partial charge in [0, 0.05) is 63.3 Å². The highest BCUT2D eigenvalue weighted by Crippen LogP contribution is 2.36. The summed E-state index contributed by atoms with van der Waals surface area (Å²) in [5.41, 5.74) is 5.40. The first-order chi connectivity index (χ1) is 19.4. The predicted octanol–water partition coefficient (Wildman–Crippen LogP) is 1.98.